The van der Waals surface area contributed by atoms with Crippen LogP contribution >= 0.6 is 0 Å². The summed E-state index contributed by atoms with van der Waals surface area (Å²) in [6.07, 6.45) is 0. The zero-order valence-electron chi connectivity index (χ0n) is 17.2. The third-order valence-electron chi connectivity index (χ3n) is 5.05. The Bertz CT molecular complexity index is 1290. The van der Waals surface area contributed by atoms with Crippen LogP contribution in [-0.2, 0) is 0 Å². The number of anilines is 1. The maximum Gasteiger partial charge on any atom is 0.256 e. The number of carbonyl (C=O) groups is 2. The van der Waals surface area contributed by atoms with Crippen molar-refractivity contribution in [2.75, 3.05) is 5.32 Å². The SMILES string of the molecule is CC(=O)c1cccc(NC(=O)c2cc(-c3cccc(C)c3)nc3ccc(C)cc23)c1. The number of hydrogen-bond acceptors (Lipinski definition) is 3. The van der Waals surface area contributed by atoms with E-state index in [-0.39, 0.29) is 11.7 Å². The molecule has 30 heavy (non-hydrogen) atoms. The minimum Gasteiger partial charge on any atom is -0.322 e. The van der Waals surface area contributed by atoms with Gasteiger partial charge >= 0.3 is 0 Å². The molecule has 0 bridgehead atoms. The van der Waals surface area contributed by atoms with E-state index >= 15 is 0 Å². The van der Waals surface area contributed by atoms with Crippen LogP contribution in [-0.4, -0.2) is 16.7 Å². The second kappa shape index (κ2) is 7.91. The molecule has 0 saturated carbocycles. The van der Waals surface area contributed by atoms with Crippen molar-refractivity contribution < 1.29 is 9.59 Å². The lowest BCUT2D eigenvalue weighted by atomic mass is 10.0. The van der Waals surface area contributed by atoms with Gasteiger partial charge in [0.25, 0.3) is 5.91 Å². The lowest BCUT2D eigenvalue weighted by Crippen LogP contribution is -2.13. The van der Waals surface area contributed by atoms with E-state index in [4.69, 9.17) is 4.98 Å². The zero-order valence-corrected chi connectivity index (χ0v) is 17.2. The lowest BCUT2D eigenvalue weighted by Gasteiger charge is -2.12. The standard InChI is InChI=1S/C26H22N2O2/c1-16-6-4-8-20(12-16)25-15-23(22-13-17(2)10-11-24(22)28-25)26(30)27-21-9-5-7-19(14-21)18(3)29/h4-15H,1-3H3,(H,27,30). The van der Waals surface area contributed by atoms with Crippen LogP contribution in [0.4, 0.5) is 5.69 Å². The Hall–Kier alpha value is -3.79. The van der Waals surface area contributed by atoms with E-state index in [2.05, 4.69) is 11.4 Å². The van der Waals surface area contributed by atoms with Gasteiger partial charge in [0.2, 0.25) is 0 Å². The molecule has 1 N–H and O–H groups in total. The molecule has 0 fully saturated rings. The van der Waals surface area contributed by atoms with Crippen LogP contribution < -0.4 is 5.32 Å². The first-order chi connectivity index (χ1) is 14.4. The van der Waals surface area contributed by atoms with E-state index in [0.717, 1.165) is 33.3 Å². The van der Waals surface area contributed by atoms with Crippen molar-refractivity contribution in [3.63, 3.8) is 0 Å². The van der Waals surface area contributed by atoms with Crippen LogP contribution in [0.5, 0.6) is 0 Å². The van der Waals surface area contributed by atoms with Crippen molar-refractivity contribution in [2.24, 2.45) is 0 Å². The van der Waals surface area contributed by atoms with Crippen LogP contribution in [0, 0.1) is 13.8 Å². The van der Waals surface area contributed by atoms with Crippen LogP contribution in [0.25, 0.3) is 22.2 Å². The fourth-order valence-electron chi connectivity index (χ4n) is 3.49. The molecule has 3 aromatic carbocycles. The van der Waals surface area contributed by atoms with Gasteiger partial charge in [-0.3, -0.25) is 9.59 Å². The number of Topliss-reactive ketones (excluding diaryl/α,β-unsaturated/α-hetero) is 1. The molecule has 4 nitrogen and oxygen atoms in total. The summed E-state index contributed by atoms with van der Waals surface area (Å²) in [7, 11) is 0. The van der Waals surface area contributed by atoms with Crippen molar-refractivity contribution in [1.82, 2.24) is 4.98 Å². The van der Waals surface area contributed by atoms with E-state index < -0.39 is 0 Å². The molecule has 0 spiro atoms. The summed E-state index contributed by atoms with van der Waals surface area (Å²) >= 11 is 0. The molecular formula is C26H22N2O2. The van der Waals surface area contributed by atoms with Crippen molar-refractivity contribution in [1.29, 1.82) is 0 Å². The summed E-state index contributed by atoms with van der Waals surface area (Å²) in [6.45, 7) is 5.53. The molecule has 0 aliphatic heterocycles. The summed E-state index contributed by atoms with van der Waals surface area (Å²) in [5, 5.41) is 3.73. The van der Waals surface area contributed by atoms with Gasteiger partial charge in [0, 0.05) is 22.2 Å². The van der Waals surface area contributed by atoms with Gasteiger partial charge in [-0.1, -0.05) is 47.5 Å². The quantitative estimate of drug-likeness (QED) is 0.434. The number of fused-ring (bicyclic) bond motifs is 1. The van der Waals surface area contributed by atoms with Gasteiger partial charge in [0.15, 0.2) is 5.78 Å². The fraction of sp³-hybridized carbons (Fsp3) is 0.115. The number of benzene rings is 3. The molecule has 148 valence electrons. The normalized spacial score (nSPS) is 10.8. The minimum absolute atomic E-state index is 0.0437. The average molecular weight is 394 g/mol. The molecule has 1 amide bonds. The zero-order chi connectivity index (χ0) is 21.3. The highest BCUT2D eigenvalue weighted by Crippen LogP contribution is 2.27. The van der Waals surface area contributed by atoms with E-state index in [1.54, 1.807) is 24.3 Å². The molecule has 1 heterocycles. The van der Waals surface area contributed by atoms with Crippen LogP contribution in [0.3, 0.4) is 0 Å². The first kappa shape index (κ1) is 19.5. The Kier molecular flexibility index (Phi) is 5.15. The number of aryl methyl sites for hydroxylation is 2. The molecular weight excluding hydrogens is 372 g/mol. The number of pyridine rings is 1. The monoisotopic (exact) mass is 394 g/mol. The second-order valence-corrected chi connectivity index (χ2v) is 7.54. The third kappa shape index (κ3) is 3.98. The molecule has 0 saturated heterocycles. The van der Waals surface area contributed by atoms with Gasteiger partial charge in [-0.2, -0.15) is 0 Å². The summed E-state index contributed by atoms with van der Waals surface area (Å²) in [6, 6.07) is 22.8. The highest BCUT2D eigenvalue weighted by molar-refractivity contribution is 6.13. The molecule has 4 rings (SSSR count). The first-order valence-corrected chi connectivity index (χ1v) is 9.81. The topological polar surface area (TPSA) is 59.1 Å². The van der Waals surface area contributed by atoms with Crippen LogP contribution in [0.2, 0.25) is 0 Å². The maximum atomic E-state index is 13.2. The van der Waals surface area contributed by atoms with Gasteiger partial charge in [-0.05, 0) is 57.2 Å². The highest BCUT2D eigenvalue weighted by Gasteiger charge is 2.15. The summed E-state index contributed by atoms with van der Waals surface area (Å²) in [5.74, 6) is -0.277. The van der Waals surface area contributed by atoms with Crippen molar-refractivity contribution in [2.45, 2.75) is 20.8 Å². The molecule has 0 aliphatic rings. The van der Waals surface area contributed by atoms with Crippen molar-refractivity contribution in [3.05, 3.63) is 95.1 Å². The van der Waals surface area contributed by atoms with Crippen LogP contribution in [0.1, 0.15) is 38.8 Å². The third-order valence-corrected chi connectivity index (χ3v) is 5.05. The number of rotatable bonds is 4. The number of carbonyl (C=O) groups excluding carboxylic acids is 2. The smallest absolute Gasteiger partial charge is 0.256 e. The minimum atomic E-state index is -0.234. The predicted molar refractivity (Wildman–Crippen MR) is 121 cm³/mol. The highest BCUT2D eigenvalue weighted by atomic mass is 16.1. The lowest BCUT2D eigenvalue weighted by molar-refractivity contribution is 0.101. The molecule has 0 radical (unpaired) electrons. The van der Waals surface area contributed by atoms with E-state index in [1.165, 1.54) is 6.92 Å². The van der Waals surface area contributed by atoms with Crippen molar-refractivity contribution in [3.8, 4) is 11.3 Å². The Morgan fingerprint density at radius 2 is 1.60 bits per heavy atom. The largest absolute Gasteiger partial charge is 0.322 e. The Morgan fingerprint density at radius 3 is 2.37 bits per heavy atom. The van der Waals surface area contributed by atoms with Gasteiger partial charge in [-0.25, -0.2) is 4.98 Å². The number of ketones is 1. The number of nitrogens with one attached hydrogen (secondary N) is 1. The van der Waals surface area contributed by atoms with Gasteiger partial charge in [0.1, 0.15) is 0 Å². The molecule has 0 unspecified atom stereocenters. The van der Waals surface area contributed by atoms with Gasteiger partial charge < -0.3 is 5.32 Å². The van der Waals surface area contributed by atoms with E-state index in [9.17, 15) is 9.59 Å². The fourth-order valence-corrected chi connectivity index (χ4v) is 3.49. The van der Waals surface area contributed by atoms with Crippen LogP contribution in [0.15, 0.2) is 72.8 Å². The Morgan fingerprint density at radius 1 is 0.833 bits per heavy atom. The number of hydrogen-bond donors (Lipinski definition) is 1. The maximum absolute atomic E-state index is 13.2. The Labute approximate surface area is 175 Å². The van der Waals surface area contributed by atoms with E-state index in [1.807, 2.05) is 56.3 Å². The number of aromatic nitrogens is 1. The first-order valence-electron chi connectivity index (χ1n) is 9.81. The van der Waals surface area contributed by atoms with Gasteiger partial charge in [-0.15, -0.1) is 0 Å². The number of amides is 1. The average Bonchev–Trinajstić information content (AvgIpc) is 2.73. The summed E-state index contributed by atoms with van der Waals surface area (Å²) in [5.41, 5.74) is 6.36. The van der Waals surface area contributed by atoms with Gasteiger partial charge in [0.05, 0.1) is 16.8 Å². The van der Waals surface area contributed by atoms with Crippen molar-refractivity contribution >= 4 is 28.3 Å². The summed E-state index contributed by atoms with van der Waals surface area (Å²) in [4.78, 5) is 29.7. The molecule has 4 heteroatoms. The second-order valence-electron chi connectivity index (χ2n) is 7.54. The molecule has 1 aromatic heterocycles. The molecule has 0 atom stereocenters. The molecule has 4 aromatic rings. The molecule has 0 aliphatic carbocycles. The summed E-state index contributed by atoms with van der Waals surface area (Å²) < 4.78 is 0. The van der Waals surface area contributed by atoms with E-state index in [0.29, 0.717) is 16.8 Å². The number of nitrogens with zero attached hydrogens (tertiary/aromatic N) is 1. The Balaban J connectivity index is 1.81. The predicted octanol–water partition coefficient (Wildman–Crippen LogP) is 5.97.